The minimum atomic E-state index is -3.33. The molecule has 14 heteroatoms. The molecule has 1 aliphatic heterocycles. The molecule has 3 unspecified atom stereocenters. The lowest BCUT2D eigenvalue weighted by Crippen LogP contribution is -2.46. The normalized spacial score (nSPS) is 19.1. The van der Waals surface area contributed by atoms with E-state index in [1.165, 1.54) is 18.3 Å². The van der Waals surface area contributed by atoms with Gasteiger partial charge in [-0.2, -0.15) is 10.1 Å². The molecule has 0 spiro atoms. The van der Waals surface area contributed by atoms with Gasteiger partial charge in [-0.15, -0.1) is 0 Å². The molecule has 10 nitrogen and oxygen atoms in total. The Bertz CT molecular complexity index is 1530. The molecule has 41 heavy (non-hydrogen) atoms. The van der Waals surface area contributed by atoms with Crippen molar-refractivity contribution in [3.8, 4) is 11.5 Å². The largest absolute Gasteiger partial charge is 0.379 e. The third kappa shape index (κ3) is 5.92. The molecule has 3 aromatic heterocycles. The molecule has 1 aromatic carbocycles. The van der Waals surface area contributed by atoms with Gasteiger partial charge in [0.1, 0.15) is 6.17 Å². The van der Waals surface area contributed by atoms with E-state index in [1.54, 1.807) is 23.0 Å². The molecular formula is C27H32F4N8O2. The molecule has 4 heterocycles. The van der Waals surface area contributed by atoms with Gasteiger partial charge in [0.25, 0.3) is 12.3 Å². The third-order valence-electron chi connectivity index (χ3n) is 7.05. The van der Waals surface area contributed by atoms with E-state index in [9.17, 15) is 22.4 Å². The number of hydrogen-bond donors (Lipinski definition) is 2. The van der Waals surface area contributed by atoms with E-state index in [0.717, 1.165) is 4.57 Å². The Morgan fingerprint density at radius 2 is 2.02 bits per heavy atom. The first-order chi connectivity index (χ1) is 19.4. The summed E-state index contributed by atoms with van der Waals surface area (Å²) in [5.41, 5.74) is 0.623. The van der Waals surface area contributed by atoms with Crippen molar-refractivity contribution in [2.75, 3.05) is 25.5 Å². The van der Waals surface area contributed by atoms with Crippen molar-refractivity contribution in [2.45, 2.75) is 64.2 Å². The van der Waals surface area contributed by atoms with Gasteiger partial charge >= 0.3 is 0 Å². The van der Waals surface area contributed by atoms with Gasteiger partial charge in [-0.1, -0.05) is 11.2 Å². The van der Waals surface area contributed by atoms with Crippen molar-refractivity contribution in [1.29, 1.82) is 0 Å². The first-order valence-electron chi connectivity index (χ1n) is 13.2. The van der Waals surface area contributed by atoms with Gasteiger partial charge in [0.15, 0.2) is 0 Å². The Morgan fingerprint density at radius 3 is 2.71 bits per heavy atom. The zero-order valence-corrected chi connectivity index (χ0v) is 23.1. The van der Waals surface area contributed by atoms with Crippen molar-refractivity contribution in [3.63, 3.8) is 0 Å². The number of nitrogens with one attached hydrogen (secondary N) is 2. The Balaban J connectivity index is 1.41. The average Bonchev–Trinajstić information content (AvgIpc) is 3.66. The average molecular weight is 577 g/mol. The topological polar surface area (TPSA) is 106 Å². The molecule has 4 aromatic rings. The van der Waals surface area contributed by atoms with Gasteiger partial charge < -0.3 is 24.6 Å². The lowest BCUT2D eigenvalue weighted by molar-refractivity contribution is 0.0114. The van der Waals surface area contributed by atoms with Gasteiger partial charge in [-0.3, -0.25) is 9.48 Å². The van der Waals surface area contributed by atoms with Gasteiger partial charge in [-0.05, 0) is 52.4 Å². The highest BCUT2D eigenvalue weighted by molar-refractivity contribution is 5.96. The number of anilines is 1. The molecule has 0 radical (unpaired) electrons. The summed E-state index contributed by atoms with van der Waals surface area (Å²) in [7, 11) is 1.84. The fourth-order valence-corrected chi connectivity index (χ4v) is 4.84. The van der Waals surface area contributed by atoms with Gasteiger partial charge in [0.2, 0.25) is 18.0 Å². The molecule has 1 saturated heterocycles. The highest BCUT2D eigenvalue weighted by Crippen LogP contribution is 2.37. The monoisotopic (exact) mass is 576 g/mol. The number of hydrogen-bond acceptors (Lipinski definition) is 7. The van der Waals surface area contributed by atoms with Gasteiger partial charge in [-0.25, -0.2) is 17.6 Å². The van der Waals surface area contributed by atoms with Crippen LogP contribution in [0.15, 0.2) is 41.2 Å². The molecule has 220 valence electrons. The first kappa shape index (κ1) is 28.6. The SMILES string of the molecule is CN1CCC(Nc2cccc3c2cc(-c2noc(CNC(=O)c4cnn(C(C)(C)C)c4)n2)n3C(F)C(F)F)C(F)C1. The minimum Gasteiger partial charge on any atom is -0.379 e. The molecule has 1 amide bonds. The molecule has 2 N–H and O–H groups in total. The quantitative estimate of drug-likeness (QED) is 0.292. The Labute approximate surface area is 233 Å². The number of benzene rings is 1. The molecule has 0 saturated carbocycles. The number of fused-ring (bicyclic) bond motifs is 1. The fourth-order valence-electron chi connectivity index (χ4n) is 4.84. The summed E-state index contributed by atoms with van der Waals surface area (Å²) in [6.07, 6.45) is -3.58. The number of alkyl halides is 4. The Morgan fingerprint density at radius 1 is 1.24 bits per heavy atom. The summed E-state index contributed by atoms with van der Waals surface area (Å²) in [4.78, 5) is 18.7. The summed E-state index contributed by atoms with van der Waals surface area (Å²) < 4.78 is 64.7. The van der Waals surface area contributed by atoms with E-state index in [4.69, 9.17) is 4.52 Å². The lowest BCUT2D eigenvalue weighted by Gasteiger charge is -2.33. The molecule has 5 rings (SSSR count). The highest BCUT2D eigenvalue weighted by atomic mass is 19.3. The summed E-state index contributed by atoms with van der Waals surface area (Å²) >= 11 is 0. The van der Waals surface area contributed by atoms with E-state index in [-0.39, 0.29) is 41.6 Å². The summed E-state index contributed by atoms with van der Waals surface area (Å²) in [6, 6.07) is 5.76. The van der Waals surface area contributed by atoms with Crippen LogP contribution in [0.5, 0.6) is 0 Å². The minimum absolute atomic E-state index is 0.00855. The second-order valence-electron chi connectivity index (χ2n) is 11.2. The maximum atomic E-state index is 15.0. The summed E-state index contributed by atoms with van der Waals surface area (Å²) in [5.74, 6) is -0.569. The van der Waals surface area contributed by atoms with E-state index in [1.807, 2.05) is 32.7 Å². The molecule has 1 fully saturated rings. The van der Waals surface area contributed by atoms with Crippen LogP contribution in [0.4, 0.5) is 23.2 Å². The maximum Gasteiger partial charge on any atom is 0.288 e. The molecule has 0 aliphatic carbocycles. The van der Waals surface area contributed by atoms with Crippen LogP contribution < -0.4 is 10.6 Å². The van der Waals surface area contributed by atoms with Gasteiger partial charge in [0, 0.05) is 30.4 Å². The number of aromatic nitrogens is 5. The Hall–Kier alpha value is -3.94. The number of amides is 1. The number of likely N-dealkylation sites (tertiary alicyclic amines) is 1. The maximum absolute atomic E-state index is 15.0. The van der Waals surface area contributed by atoms with Crippen LogP contribution >= 0.6 is 0 Å². The standard InChI is InChI=1S/C27H32F4N8O2/c1-27(2,3)38-13-15(11-33-38)26(40)32-12-22-35-25(36-41-22)21-10-16-18(34-19-8-9-37(4)14-17(19)28)6-5-7-20(16)39(21)24(31)23(29)30/h5-7,10-11,13,17,19,23-24,34H,8-9,12,14H2,1-4H3,(H,32,40). The van der Waals surface area contributed by atoms with E-state index < -0.39 is 30.8 Å². The van der Waals surface area contributed by atoms with Crippen LogP contribution in [0.1, 0.15) is 49.7 Å². The van der Waals surface area contributed by atoms with E-state index in [2.05, 4.69) is 25.9 Å². The number of carbonyl (C=O) groups excluding carboxylic acids is 1. The number of rotatable bonds is 8. The van der Waals surface area contributed by atoms with Crippen molar-refractivity contribution >= 4 is 22.5 Å². The summed E-state index contributed by atoms with van der Waals surface area (Å²) in [5, 5.41) is 14.3. The van der Waals surface area contributed by atoms with E-state index >= 15 is 0 Å². The zero-order valence-electron chi connectivity index (χ0n) is 23.1. The predicted octanol–water partition coefficient (Wildman–Crippen LogP) is 4.76. The fraction of sp³-hybridized carbons (Fsp3) is 0.481. The Kier molecular flexibility index (Phi) is 7.77. The predicted molar refractivity (Wildman–Crippen MR) is 144 cm³/mol. The second-order valence-corrected chi connectivity index (χ2v) is 11.2. The molecular weight excluding hydrogens is 544 g/mol. The van der Waals surface area contributed by atoms with Crippen LogP contribution in [0.2, 0.25) is 0 Å². The smallest absolute Gasteiger partial charge is 0.288 e. The molecule has 3 atom stereocenters. The van der Waals surface area contributed by atoms with Crippen molar-refractivity contribution in [3.05, 3.63) is 48.1 Å². The molecule has 1 aliphatic rings. The summed E-state index contributed by atoms with van der Waals surface area (Å²) in [6.45, 7) is 6.65. The van der Waals surface area contributed by atoms with Crippen molar-refractivity contribution in [1.82, 2.24) is 34.7 Å². The van der Waals surface area contributed by atoms with Crippen LogP contribution in [0.3, 0.4) is 0 Å². The third-order valence-corrected chi connectivity index (χ3v) is 7.05. The van der Waals surface area contributed by atoms with E-state index in [0.29, 0.717) is 29.6 Å². The van der Waals surface area contributed by atoms with Crippen LogP contribution in [-0.4, -0.2) is 74.1 Å². The van der Waals surface area contributed by atoms with Crippen molar-refractivity contribution in [2.24, 2.45) is 0 Å². The number of halogens is 4. The van der Waals surface area contributed by atoms with Crippen LogP contribution in [-0.2, 0) is 12.1 Å². The van der Waals surface area contributed by atoms with Crippen molar-refractivity contribution < 1.29 is 26.9 Å². The number of nitrogens with zero attached hydrogens (tertiary/aromatic N) is 6. The molecule has 0 bridgehead atoms. The highest BCUT2D eigenvalue weighted by Gasteiger charge is 2.31. The van der Waals surface area contributed by atoms with Gasteiger partial charge in [0.05, 0.1) is 41.1 Å². The number of piperidine rings is 1. The number of carbonyl (C=O) groups is 1. The van der Waals surface area contributed by atoms with Crippen LogP contribution in [0.25, 0.3) is 22.4 Å². The first-order valence-corrected chi connectivity index (χ1v) is 13.2. The van der Waals surface area contributed by atoms with Crippen LogP contribution in [0, 0.1) is 0 Å². The lowest BCUT2D eigenvalue weighted by atomic mass is 10.0. The zero-order chi connectivity index (χ0) is 29.5. The second kappa shape index (κ2) is 11.1.